The van der Waals surface area contributed by atoms with Crippen molar-refractivity contribution in [3.63, 3.8) is 0 Å². The van der Waals surface area contributed by atoms with Crippen molar-refractivity contribution in [1.29, 1.82) is 0 Å². The predicted molar refractivity (Wildman–Crippen MR) is 67.2 cm³/mol. The molecule has 100 valence electrons. The van der Waals surface area contributed by atoms with Crippen LogP contribution < -0.4 is 0 Å². The van der Waals surface area contributed by atoms with Crippen molar-refractivity contribution in [3.05, 3.63) is 46.7 Å². The normalized spacial score (nSPS) is 15.6. The van der Waals surface area contributed by atoms with Gasteiger partial charge in [0.1, 0.15) is 0 Å². The van der Waals surface area contributed by atoms with Crippen molar-refractivity contribution in [2.24, 2.45) is 0 Å². The Bertz CT molecular complexity index is 501. The van der Waals surface area contributed by atoms with Crippen LogP contribution in [0.2, 0.25) is 0 Å². The Balaban J connectivity index is 0.000000159. The Hall–Kier alpha value is -2.30. The summed E-state index contributed by atoms with van der Waals surface area (Å²) in [6, 6.07) is 5.20. The van der Waals surface area contributed by atoms with E-state index in [1.165, 1.54) is 43.2 Å². The highest BCUT2D eigenvalue weighted by Gasteiger charge is 2.22. The monoisotopic (exact) mass is 262 g/mol. The second-order valence-electron chi connectivity index (χ2n) is 4.32. The predicted octanol–water partition coefficient (Wildman–Crippen LogP) is 2.54. The summed E-state index contributed by atoms with van der Waals surface area (Å²) in [5, 5.41) is 17.0. The lowest BCUT2D eigenvalue weighted by molar-refractivity contribution is 0.0696. The Morgan fingerprint density at radius 3 is 1.95 bits per heavy atom. The molecule has 3 rings (SSSR count). The average Bonchev–Trinajstić information content (AvgIpc) is 2.69. The van der Waals surface area contributed by atoms with Crippen molar-refractivity contribution >= 4 is 11.9 Å². The second-order valence-corrected chi connectivity index (χ2v) is 4.32. The minimum Gasteiger partial charge on any atom is -0.498 e. The Morgan fingerprint density at radius 1 is 1.00 bits per heavy atom. The van der Waals surface area contributed by atoms with Gasteiger partial charge in [0.2, 0.25) is 0 Å². The van der Waals surface area contributed by atoms with E-state index in [9.17, 15) is 9.59 Å². The Labute approximate surface area is 110 Å². The zero-order chi connectivity index (χ0) is 13.8. The lowest BCUT2D eigenvalue weighted by atomic mass is 9.96. The minimum atomic E-state index is -1.13. The molecule has 1 aromatic carbocycles. The van der Waals surface area contributed by atoms with E-state index in [2.05, 4.69) is 0 Å². The molecule has 0 amide bonds. The number of benzene rings is 1. The van der Waals surface area contributed by atoms with Gasteiger partial charge in [-0.2, -0.15) is 0 Å². The van der Waals surface area contributed by atoms with E-state index in [-0.39, 0.29) is 11.1 Å². The second kappa shape index (κ2) is 5.56. The molecule has 5 nitrogen and oxygen atoms in total. The zero-order valence-electron chi connectivity index (χ0n) is 10.3. The van der Waals surface area contributed by atoms with E-state index in [1.54, 1.807) is 5.57 Å². The highest BCUT2D eigenvalue weighted by molar-refractivity contribution is 5.93. The fourth-order valence-corrected chi connectivity index (χ4v) is 1.93. The van der Waals surface area contributed by atoms with Crippen LogP contribution in [0.4, 0.5) is 0 Å². The van der Waals surface area contributed by atoms with Gasteiger partial charge in [-0.05, 0) is 30.2 Å². The zero-order valence-corrected chi connectivity index (χ0v) is 10.3. The summed E-state index contributed by atoms with van der Waals surface area (Å²) in [6.07, 6.45) is 3.75. The van der Waals surface area contributed by atoms with Crippen LogP contribution in [0.15, 0.2) is 35.6 Å². The van der Waals surface area contributed by atoms with E-state index in [4.69, 9.17) is 14.9 Å². The van der Waals surface area contributed by atoms with Crippen molar-refractivity contribution < 1.29 is 24.5 Å². The third-order valence-corrected chi connectivity index (χ3v) is 3.08. The quantitative estimate of drug-likeness (QED) is 0.855. The molecule has 0 radical (unpaired) electrons. The van der Waals surface area contributed by atoms with E-state index in [0.717, 1.165) is 12.7 Å². The first kappa shape index (κ1) is 13.1. The summed E-state index contributed by atoms with van der Waals surface area (Å²) in [4.78, 5) is 20.8. The summed E-state index contributed by atoms with van der Waals surface area (Å²) in [7, 11) is 0. The molecule has 1 aromatic rings. The van der Waals surface area contributed by atoms with Crippen LogP contribution in [0.5, 0.6) is 0 Å². The number of ether oxygens (including phenoxy) is 1. The smallest absolute Gasteiger partial charge is 0.335 e. The summed E-state index contributed by atoms with van der Waals surface area (Å²) >= 11 is 0. The van der Waals surface area contributed by atoms with Gasteiger partial charge in [0, 0.05) is 12.8 Å². The lowest BCUT2D eigenvalue weighted by Crippen LogP contribution is -2.01. The third kappa shape index (κ3) is 3.13. The van der Waals surface area contributed by atoms with Crippen LogP contribution in [0.1, 0.15) is 40.0 Å². The van der Waals surface area contributed by atoms with Crippen molar-refractivity contribution in [3.8, 4) is 0 Å². The largest absolute Gasteiger partial charge is 0.498 e. The van der Waals surface area contributed by atoms with Crippen LogP contribution in [-0.2, 0) is 4.74 Å². The molecule has 1 aliphatic carbocycles. The van der Waals surface area contributed by atoms with Crippen LogP contribution in [0, 0.1) is 0 Å². The van der Waals surface area contributed by atoms with Crippen molar-refractivity contribution in [1.82, 2.24) is 0 Å². The molecule has 19 heavy (non-hydrogen) atoms. The first-order chi connectivity index (χ1) is 9.08. The average molecular weight is 262 g/mol. The van der Waals surface area contributed by atoms with Crippen LogP contribution in [0.25, 0.3) is 0 Å². The molecular formula is C14H14O5. The Morgan fingerprint density at radius 2 is 1.63 bits per heavy atom. The maximum Gasteiger partial charge on any atom is 0.335 e. The number of rotatable bonds is 2. The highest BCUT2D eigenvalue weighted by Crippen LogP contribution is 2.35. The molecule has 0 aromatic heterocycles. The Kier molecular flexibility index (Phi) is 3.85. The summed E-state index contributed by atoms with van der Waals surface area (Å²) in [5.74, 6) is -0.948. The first-order valence-corrected chi connectivity index (χ1v) is 5.98. The van der Waals surface area contributed by atoms with E-state index in [0.29, 0.717) is 0 Å². The molecule has 0 atom stereocenters. The minimum absolute atomic E-state index is 0.0186. The summed E-state index contributed by atoms with van der Waals surface area (Å²) in [5.41, 5.74) is 1.55. The molecule has 0 spiro atoms. The number of hydrogen-bond acceptors (Lipinski definition) is 3. The van der Waals surface area contributed by atoms with Gasteiger partial charge in [0.15, 0.2) is 0 Å². The number of carboxylic acids is 2. The first-order valence-electron chi connectivity index (χ1n) is 5.98. The number of hydrogen-bond donors (Lipinski definition) is 2. The van der Waals surface area contributed by atoms with Gasteiger partial charge in [-0.1, -0.05) is 6.07 Å². The van der Waals surface area contributed by atoms with Gasteiger partial charge in [-0.3, -0.25) is 0 Å². The molecule has 5 heteroatoms. The van der Waals surface area contributed by atoms with Gasteiger partial charge in [0.25, 0.3) is 0 Å². The maximum absolute atomic E-state index is 10.4. The van der Waals surface area contributed by atoms with Crippen LogP contribution >= 0.6 is 0 Å². The van der Waals surface area contributed by atoms with E-state index in [1.807, 2.05) is 0 Å². The number of aromatic carboxylic acids is 2. The standard InChI is InChI=1S/C8H6O4.C6H8O/c9-7(10)5-2-1-3-6(4-5)8(11)12;1-2-6-5(1)3-4-7-6/h1-4H,(H,9,10)(H,11,12);1-4H2. The summed E-state index contributed by atoms with van der Waals surface area (Å²) < 4.78 is 5.23. The molecule has 2 N–H and O–H groups in total. The maximum atomic E-state index is 10.4. The summed E-state index contributed by atoms with van der Waals surface area (Å²) in [6.45, 7) is 0.963. The molecular weight excluding hydrogens is 248 g/mol. The fraction of sp³-hybridized carbons (Fsp3) is 0.286. The van der Waals surface area contributed by atoms with Gasteiger partial charge in [-0.25, -0.2) is 9.59 Å². The number of carbonyl (C=O) groups is 2. The molecule has 0 fully saturated rings. The molecule has 0 saturated carbocycles. The number of allylic oxidation sites excluding steroid dienone is 1. The van der Waals surface area contributed by atoms with Crippen molar-refractivity contribution in [2.45, 2.75) is 19.3 Å². The molecule has 1 heterocycles. The topological polar surface area (TPSA) is 83.8 Å². The highest BCUT2D eigenvalue weighted by atomic mass is 16.5. The van der Waals surface area contributed by atoms with Crippen LogP contribution in [-0.4, -0.2) is 28.8 Å². The van der Waals surface area contributed by atoms with Crippen molar-refractivity contribution in [2.75, 3.05) is 6.61 Å². The molecule has 0 unspecified atom stereocenters. The molecule has 1 aliphatic heterocycles. The van der Waals surface area contributed by atoms with Gasteiger partial charge < -0.3 is 14.9 Å². The van der Waals surface area contributed by atoms with Crippen LogP contribution in [0.3, 0.4) is 0 Å². The molecule has 0 saturated heterocycles. The van der Waals surface area contributed by atoms with Gasteiger partial charge in [-0.15, -0.1) is 0 Å². The van der Waals surface area contributed by atoms with E-state index < -0.39 is 11.9 Å². The van der Waals surface area contributed by atoms with E-state index >= 15 is 0 Å². The van der Waals surface area contributed by atoms with Gasteiger partial charge in [0.05, 0.1) is 23.5 Å². The molecule has 2 aliphatic rings. The van der Waals surface area contributed by atoms with Gasteiger partial charge >= 0.3 is 11.9 Å². The SMILES string of the molecule is C1CC2=C(CC2)O1.O=C(O)c1cccc(C(=O)O)c1. The molecule has 0 bridgehead atoms. The third-order valence-electron chi connectivity index (χ3n) is 3.08. The lowest BCUT2D eigenvalue weighted by Gasteiger charge is -2.12. The number of carboxylic acid groups (broad SMARTS) is 2. The fourth-order valence-electron chi connectivity index (χ4n) is 1.93.